The molecule has 0 unspecified atom stereocenters. The highest BCUT2D eigenvalue weighted by Crippen LogP contribution is 2.14. The third-order valence-electron chi connectivity index (χ3n) is 3.52. The van der Waals surface area contributed by atoms with E-state index in [1.165, 1.54) is 0 Å². The Kier molecular flexibility index (Phi) is 4.58. The fourth-order valence-electron chi connectivity index (χ4n) is 2.41. The molecule has 1 saturated heterocycles. The van der Waals surface area contributed by atoms with Crippen LogP contribution in [0.5, 0.6) is 0 Å². The lowest BCUT2D eigenvalue weighted by atomic mass is 10.0. The number of rotatable bonds is 4. The minimum atomic E-state index is -0.0692. The van der Waals surface area contributed by atoms with Crippen molar-refractivity contribution in [3.8, 4) is 0 Å². The second-order valence-corrected chi connectivity index (χ2v) is 4.92. The highest BCUT2D eigenvalue weighted by Gasteiger charge is 2.20. The first kappa shape index (κ1) is 13.6. The van der Waals surface area contributed by atoms with Gasteiger partial charge >= 0.3 is 0 Å². The van der Waals surface area contributed by atoms with Crippen LogP contribution in [0.2, 0.25) is 0 Å². The normalized spacial score (nSPS) is 17.1. The molecule has 1 aliphatic rings. The van der Waals surface area contributed by atoms with E-state index in [9.17, 15) is 4.79 Å². The minimum Gasteiger partial charge on any atom is -0.398 e. The van der Waals surface area contributed by atoms with Gasteiger partial charge in [0.1, 0.15) is 0 Å². The van der Waals surface area contributed by atoms with Crippen molar-refractivity contribution >= 4 is 11.6 Å². The standard InChI is InChI=1S/C15H21N3O/c1-2-9-18-10-7-12(8-11-18)17-15(19)13-5-3-4-6-14(13)16/h2-6,12H,1,7-11,16H2,(H,17,19). The van der Waals surface area contributed by atoms with Crippen molar-refractivity contribution in [2.75, 3.05) is 25.4 Å². The predicted molar refractivity (Wildman–Crippen MR) is 78.0 cm³/mol. The number of likely N-dealkylation sites (tertiary alicyclic amines) is 1. The lowest BCUT2D eigenvalue weighted by Gasteiger charge is -2.31. The topological polar surface area (TPSA) is 58.4 Å². The molecule has 1 heterocycles. The smallest absolute Gasteiger partial charge is 0.253 e. The number of nitrogens with two attached hydrogens (primary N) is 1. The van der Waals surface area contributed by atoms with Crippen molar-refractivity contribution in [3.63, 3.8) is 0 Å². The van der Waals surface area contributed by atoms with Crippen LogP contribution in [0.4, 0.5) is 5.69 Å². The Bertz CT molecular complexity index is 450. The molecular formula is C15H21N3O. The number of nitrogen functional groups attached to an aromatic ring is 1. The van der Waals surface area contributed by atoms with Gasteiger partial charge in [0.05, 0.1) is 5.56 Å². The van der Waals surface area contributed by atoms with Gasteiger partial charge in [-0.3, -0.25) is 9.69 Å². The van der Waals surface area contributed by atoms with Crippen LogP contribution in [0.15, 0.2) is 36.9 Å². The van der Waals surface area contributed by atoms with E-state index in [1.807, 2.05) is 18.2 Å². The Labute approximate surface area is 114 Å². The summed E-state index contributed by atoms with van der Waals surface area (Å²) < 4.78 is 0. The fraction of sp³-hybridized carbons (Fsp3) is 0.400. The molecule has 19 heavy (non-hydrogen) atoms. The second-order valence-electron chi connectivity index (χ2n) is 4.92. The zero-order valence-electron chi connectivity index (χ0n) is 11.1. The quantitative estimate of drug-likeness (QED) is 0.638. The molecule has 4 heteroatoms. The molecule has 1 aliphatic heterocycles. The van der Waals surface area contributed by atoms with E-state index in [-0.39, 0.29) is 11.9 Å². The Morgan fingerprint density at radius 1 is 1.42 bits per heavy atom. The largest absolute Gasteiger partial charge is 0.398 e. The molecule has 0 radical (unpaired) electrons. The van der Waals surface area contributed by atoms with E-state index >= 15 is 0 Å². The first-order valence-electron chi connectivity index (χ1n) is 6.69. The molecule has 2 rings (SSSR count). The van der Waals surface area contributed by atoms with E-state index < -0.39 is 0 Å². The number of hydrogen-bond donors (Lipinski definition) is 2. The van der Waals surface area contributed by atoms with Crippen LogP contribution in [0.3, 0.4) is 0 Å². The van der Waals surface area contributed by atoms with E-state index in [1.54, 1.807) is 12.1 Å². The minimum absolute atomic E-state index is 0.0692. The van der Waals surface area contributed by atoms with Crippen molar-refractivity contribution in [2.45, 2.75) is 18.9 Å². The molecule has 0 aromatic heterocycles. The van der Waals surface area contributed by atoms with Gasteiger partial charge in [0.15, 0.2) is 0 Å². The number of anilines is 1. The summed E-state index contributed by atoms with van der Waals surface area (Å²) in [6.45, 7) is 6.67. The monoisotopic (exact) mass is 259 g/mol. The highest BCUT2D eigenvalue weighted by molar-refractivity contribution is 5.99. The van der Waals surface area contributed by atoms with Gasteiger partial charge in [-0.05, 0) is 25.0 Å². The average Bonchev–Trinajstić information content (AvgIpc) is 2.42. The lowest BCUT2D eigenvalue weighted by Crippen LogP contribution is -2.44. The predicted octanol–water partition coefficient (Wildman–Crippen LogP) is 1.65. The molecule has 1 aromatic rings. The number of amides is 1. The first-order valence-corrected chi connectivity index (χ1v) is 6.69. The van der Waals surface area contributed by atoms with Crippen LogP contribution in [0, 0.1) is 0 Å². The third kappa shape index (κ3) is 3.58. The SMILES string of the molecule is C=CCN1CCC(NC(=O)c2ccccc2N)CC1. The molecule has 0 saturated carbocycles. The number of nitrogens with one attached hydrogen (secondary N) is 1. The molecule has 1 amide bonds. The Morgan fingerprint density at radius 2 is 2.11 bits per heavy atom. The molecular weight excluding hydrogens is 238 g/mol. The summed E-state index contributed by atoms with van der Waals surface area (Å²) >= 11 is 0. The number of hydrogen-bond acceptors (Lipinski definition) is 3. The van der Waals surface area contributed by atoms with Gasteiger partial charge in [-0.1, -0.05) is 18.2 Å². The average molecular weight is 259 g/mol. The fourth-order valence-corrected chi connectivity index (χ4v) is 2.41. The first-order chi connectivity index (χ1) is 9.20. The maximum atomic E-state index is 12.1. The molecule has 4 nitrogen and oxygen atoms in total. The van der Waals surface area contributed by atoms with Crippen molar-refractivity contribution in [2.24, 2.45) is 0 Å². The van der Waals surface area contributed by atoms with Crippen LogP contribution in [0.25, 0.3) is 0 Å². The van der Waals surface area contributed by atoms with Gasteiger partial charge in [-0.25, -0.2) is 0 Å². The summed E-state index contributed by atoms with van der Waals surface area (Å²) in [7, 11) is 0. The number of carbonyl (C=O) groups excluding carboxylic acids is 1. The maximum absolute atomic E-state index is 12.1. The van der Waals surface area contributed by atoms with E-state index in [4.69, 9.17) is 5.73 Å². The molecule has 0 spiro atoms. The Hall–Kier alpha value is -1.81. The molecule has 0 atom stereocenters. The molecule has 1 aromatic carbocycles. The zero-order valence-corrected chi connectivity index (χ0v) is 11.1. The number of carbonyl (C=O) groups is 1. The molecule has 3 N–H and O–H groups in total. The van der Waals surface area contributed by atoms with E-state index in [0.29, 0.717) is 11.3 Å². The van der Waals surface area contributed by atoms with Gasteiger partial charge in [0.2, 0.25) is 0 Å². The van der Waals surface area contributed by atoms with Crippen molar-refractivity contribution in [1.82, 2.24) is 10.2 Å². The summed E-state index contributed by atoms with van der Waals surface area (Å²) in [5.41, 5.74) is 6.91. The van der Waals surface area contributed by atoms with E-state index in [0.717, 1.165) is 32.5 Å². The van der Waals surface area contributed by atoms with Gasteiger partial charge in [0, 0.05) is 31.4 Å². The third-order valence-corrected chi connectivity index (χ3v) is 3.52. The van der Waals surface area contributed by atoms with Gasteiger partial charge in [-0.15, -0.1) is 6.58 Å². The molecule has 1 fully saturated rings. The van der Waals surface area contributed by atoms with Crippen molar-refractivity contribution in [1.29, 1.82) is 0 Å². The zero-order chi connectivity index (χ0) is 13.7. The number of piperidine rings is 1. The summed E-state index contributed by atoms with van der Waals surface area (Å²) in [5, 5.41) is 3.07. The Morgan fingerprint density at radius 3 is 2.74 bits per heavy atom. The van der Waals surface area contributed by atoms with Crippen molar-refractivity contribution in [3.05, 3.63) is 42.5 Å². The summed E-state index contributed by atoms with van der Waals surface area (Å²) in [4.78, 5) is 14.5. The lowest BCUT2D eigenvalue weighted by molar-refractivity contribution is 0.0915. The highest BCUT2D eigenvalue weighted by atomic mass is 16.1. The number of nitrogens with zero attached hydrogens (tertiary/aromatic N) is 1. The van der Waals surface area contributed by atoms with Crippen LogP contribution >= 0.6 is 0 Å². The van der Waals surface area contributed by atoms with Crippen LogP contribution in [-0.2, 0) is 0 Å². The number of benzene rings is 1. The summed E-state index contributed by atoms with van der Waals surface area (Å²) in [6, 6.07) is 7.42. The van der Waals surface area contributed by atoms with Gasteiger partial charge < -0.3 is 11.1 Å². The molecule has 0 bridgehead atoms. The number of para-hydroxylation sites is 1. The molecule has 102 valence electrons. The second kappa shape index (κ2) is 6.38. The van der Waals surface area contributed by atoms with Crippen LogP contribution in [-0.4, -0.2) is 36.5 Å². The van der Waals surface area contributed by atoms with E-state index in [2.05, 4.69) is 16.8 Å². The molecule has 0 aliphatic carbocycles. The van der Waals surface area contributed by atoms with Crippen LogP contribution < -0.4 is 11.1 Å². The Balaban J connectivity index is 1.87. The maximum Gasteiger partial charge on any atom is 0.253 e. The summed E-state index contributed by atoms with van der Waals surface area (Å²) in [5.74, 6) is -0.0692. The van der Waals surface area contributed by atoms with Crippen molar-refractivity contribution < 1.29 is 4.79 Å². The van der Waals surface area contributed by atoms with Gasteiger partial charge in [0.25, 0.3) is 5.91 Å². The van der Waals surface area contributed by atoms with Crippen LogP contribution in [0.1, 0.15) is 23.2 Å². The summed E-state index contributed by atoms with van der Waals surface area (Å²) in [6.07, 6.45) is 3.88. The van der Waals surface area contributed by atoms with Gasteiger partial charge in [-0.2, -0.15) is 0 Å².